The van der Waals surface area contributed by atoms with Gasteiger partial charge in [0.25, 0.3) is 5.91 Å². The van der Waals surface area contributed by atoms with Gasteiger partial charge in [-0.2, -0.15) is 0 Å². The molecule has 0 saturated carbocycles. The number of ether oxygens (including phenoxy) is 1. The van der Waals surface area contributed by atoms with Crippen LogP contribution in [0.1, 0.15) is 17.3 Å². The molecule has 1 amide bonds. The number of hydrogen-bond acceptors (Lipinski definition) is 3. The highest BCUT2D eigenvalue weighted by atomic mass is 35.5. The summed E-state index contributed by atoms with van der Waals surface area (Å²) in [4.78, 5) is 14.1. The molecule has 0 fully saturated rings. The summed E-state index contributed by atoms with van der Waals surface area (Å²) in [6.07, 6.45) is 0. The molecule has 1 atom stereocenters. The minimum atomic E-state index is -0.155. The number of hydrogen-bond donors (Lipinski definition) is 1. The van der Waals surface area contributed by atoms with Crippen molar-refractivity contribution in [1.82, 2.24) is 10.2 Å². The largest absolute Gasteiger partial charge is 0.496 e. The zero-order chi connectivity index (χ0) is 13.7. The molecule has 0 aliphatic carbocycles. The number of carbonyl (C=O) groups is 1. The third-order valence-electron chi connectivity index (χ3n) is 2.85. The Balaban J connectivity index is 2.72. The molecule has 0 bridgehead atoms. The second-order valence-corrected chi connectivity index (χ2v) is 4.80. The summed E-state index contributed by atoms with van der Waals surface area (Å²) in [7, 11) is 5.46. The Morgan fingerprint density at radius 2 is 2.17 bits per heavy atom. The molecule has 0 aliphatic heterocycles. The second kappa shape index (κ2) is 6.61. The first-order chi connectivity index (χ1) is 8.45. The maximum atomic E-state index is 12.0. The van der Waals surface area contributed by atoms with Crippen molar-refractivity contribution in [3.05, 3.63) is 28.8 Å². The molecular weight excluding hydrogens is 252 g/mol. The van der Waals surface area contributed by atoms with Crippen LogP contribution in [0, 0.1) is 0 Å². The Morgan fingerprint density at radius 1 is 1.50 bits per heavy atom. The molecule has 1 aromatic rings. The Labute approximate surface area is 113 Å². The van der Waals surface area contributed by atoms with Gasteiger partial charge in [-0.1, -0.05) is 11.6 Å². The first-order valence-electron chi connectivity index (χ1n) is 5.74. The fourth-order valence-corrected chi connectivity index (χ4v) is 1.53. The lowest BCUT2D eigenvalue weighted by molar-refractivity contribution is 0.0940. The zero-order valence-corrected chi connectivity index (χ0v) is 11.9. The summed E-state index contributed by atoms with van der Waals surface area (Å²) in [5, 5.41) is 3.42. The van der Waals surface area contributed by atoms with E-state index >= 15 is 0 Å². The van der Waals surface area contributed by atoms with Crippen molar-refractivity contribution in [3.8, 4) is 5.75 Å². The number of likely N-dealkylation sites (N-methyl/N-ethyl adjacent to an activating group) is 1. The maximum Gasteiger partial charge on any atom is 0.255 e. The SMILES string of the molecule is COc1cc(Cl)ccc1C(=O)NC[C@H](C)N(C)C. The lowest BCUT2D eigenvalue weighted by atomic mass is 10.2. The minimum absolute atomic E-state index is 0.155. The van der Waals surface area contributed by atoms with Crippen LogP contribution in [0.3, 0.4) is 0 Å². The fourth-order valence-electron chi connectivity index (χ4n) is 1.37. The first kappa shape index (κ1) is 14.8. The Morgan fingerprint density at radius 3 is 2.72 bits per heavy atom. The molecule has 100 valence electrons. The summed E-state index contributed by atoms with van der Waals surface area (Å²) >= 11 is 5.85. The van der Waals surface area contributed by atoms with Gasteiger partial charge in [0.15, 0.2) is 0 Å². The van der Waals surface area contributed by atoms with E-state index in [-0.39, 0.29) is 11.9 Å². The van der Waals surface area contributed by atoms with E-state index < -0.39 is 0 Å². The predicted molar refractivity (Wildman–Crippen MR) is 73.5 cm³/mol. The molecule has 1 rings (SSSR count). The van der Waals surface area contributed by atoms with Crippen LogP contribution in [0.25, 0.3) is 0 Å². The number of benzene rings is 1. The summed E-state index contributed by atoms with van der Waals surface area (Å²) in [6.45, 7) is 2.62. The van der Waals surface area contributed by atoms with Crippen molar-refractivity contribution in [1.29, 1.82) is 0 Å². The van der Waals surface area contributed by atoms with Crippen LogP contribution >= 0.6 is 11.6 Å². The number of amides is 1. The van der Waals surface area contributed by atoms with Gasteiger partial charge in [-0.15, -0.1) is 0 Å². The molecule has 4 nitrogen and oxygen atoms in total. The number of nitrogens with one attached hydrogen (secondary N) is 1. The van der Waals surface area contributed by atoms with Gasteiger partial charge < -0.3 is 15.0 Å². The summed E-state index contributed by atoms with van der Waals surface area (Å²) in [6, 6.07) is 5.24. The summed E-state index contributed by atoms with van der Waals surface area (Å²) in [5.41, 5.74) is 0.493. The predicted octanol–water partition coefficient (Wildman–Crippen LogP) is 2.03. The summed E-state index contributed by atoms with van der Waals surface area (Å²) < 4.78 is 5.15. The van der Waals surface area contributed by atoms with Gasteiger partial charge >= 0.3 is 0 Å². The van der Waals surface area contributed by atoms with Crippen molar-refractivity contribution < 1.29 is 9.53 Å². The quantitative estimate of drug-likeness (QED) is 0.890. The van der Waals surface area contributed by atoms with Crippen molar-refractivity contribution >= 4 is 17.5 Å². The van der Waals surface area contributed by atoms with Gasteiger partial charge in [-0.3, -0.25) is 4.79 Å². The van der Waals surface area contributed by atoms with Crippen LogP contribution in [-0.4, -0.2) is 44.6 Å². The van der Waals surface area contributed by atoms with E-state index in [4.69, 9.17) is 16.3 Å². The molecular formula is C13H19ClN2O2. The number of nitrogens with zero attached hydrogens (tertiary/aromatic N) is 1. The van der Waals surface area contributed by atoms with Crippen molar-refractivity contribution in [3.63, 3.8) is 0 Å². The smallest absolute Gasteiger partial charge is 0.255 e. The molecule has 0 spiro atoms. The third-order valence-corrected chi connectivity index (χ3v) is 3.08. The van der Waals surface area contributed by atoms with E-state index in [0.29, 0.717) is 22.9 Å². The molecule has 0 heterocycles. The van der Waals surface area contributed by atoms with Gasteiger partial charge in [-0.25, -0.2) is 0 Å². The monoisotopic (exact) mass is 270 g/mol. The highest BCUT2D eigenvalue weighted by molar-refractivity contribution is 6.30. The van der Waals surface area contributed by atoms with E-state index in [1.165, 1.54) is 7.11 Å². The highest BCUT2D eigenvalue weighted by Gasteiger charge is 2.13. The van der Waals surface area contributed by atoms with Crippen LogP contribution in [0.4, 0.5) is 0 Å². The van der Waals surface area contributed by atoms with E-state index in [0.717, 1.165) is 0 Å². The third kappa shape index (κ3) is 3.89. The number of methoxy groups -OCH3 is 1. The molecule has 0 aliphatic rings. The number of halogens is 1. The second-order valence-electron chi connectivity index (χ2n) is 4.37. The zero-order valence-electron chi connectivity index (χ0n) is 11.2. The van der Waals surface area contributed by atoms with Crippen LogP contribution < -0.4 is 10.1 Å². The first-order valence-corrected chi connectivity index (χ1v) is 6.11. The van der Waals surface area contributed by atoms with Crippen molar-refractivity contribution in [2.75, 3.05) is 27.7 Å². The van der Waals surface area contributed by atoms with E-state index in [1.54, 1.807) is 18.2 Å². The minimum Gasteiger partial charge on any atom is -0.496 e. The lowest BCUT2D eigenvalue weighted by Gasteiger charge is -2.20. The van der Waals surface area contributed by atoms with Crippen LogP contribution in [0.5, 0.6) is 5.75 Å². The maximum absolute atomic E-state index is 12.0. The number of rotatable bonds is 5. The standard InChI is InChI=1S/C13H19ClN2O2/c1-9(16(2)3)8-15-13(17)11-6-5-10(14)7-12(11)18-4/h5-7,9H,8H2,1-4H3,(H,15,17)/t9-/m0/s1. The van der Waals surface area contributed by atoms with Crippen molar-refractivity contribution in [2.24, 2.45) is 0 Å². The van der Waals surface area contributed by atoms with E-state index in [2.05, 4.69) is 5.32 Å². The molecule has 0 aromatic heterocycles. The van der Waals surface area contributed by atoms with Crippen LogP contribution in [0.15, 0.2) is 18.2 Å². The van der Waals surface area contributed by atoms with Crippen LogP contribution in [0.2, 0.25) is 5.02 Å². The van der Waals surface area contributed by atoms with Gasteiger partial charge in [-0.05, 0) is 39.2 Å². The van der Waals surface area contributed by atoms with Crippen molar-refractivity contribution in [2.45, 2.75) is 13.0 Å². The van der Waals surface area contributed by atoms with E-state index in [1.807, 2.05) is 25.9 Å². The van der Waals surface area contributed by atoms with Gasteiger partial charge in [0.05, 0.1) is 12.7 Å². The van der Waals surface area contributed by atoms with Crippen LogP contribution in [-0.2, 0) is 0 Å². The molecule has 5 heteroatoms. The molecule has 1 aromatic carbocycles. The van der Waals surface area contributed by atoms with Gasteiger partial charge in [0.2, 0.25) is 0 Å². The molecule has 18 heavy (non-hydrogen) atoms. The molecule has 0 saturated heterocycles. The lowest BCUT2D eigenvalue weighted by Crippen LogP contribution is -2.38. The Kier molecular flexibility index (Phi) is 5.44. The fraction of sp³-hybridized carbons (Fsp3) is 0.462. The highest BCUT2D eigenvalue weighted by Crippen LogP contribution is 2.22. The Bertz CT molecular complexity index is 421. The summed E-state index contributed by atoms with van der Waals surface area (Å²) in [5.74, 6) is 0.328. The normalized spacial score (nSPS) is 12.3. The average Bonchev–Trinajstić information content (AvgIpc) is 2.34. The topological polar surface area (TPSA) is 41.6 Å². The van der Waals surface area contributed by atoms with Gasteiger partial charge in [0.1, 0.15) is 5.75 Å². The van der Waals surface area contributed by atoms with Gasteiger partial charge in [0, 0.05) is 17.6 Å². The molecule has 1 N–H and O–H groups in total. The number of carbonyl (C=O) groups excluding carboxylic acids is 1. The average molecular weight is 271 g/mol. The molecule has 0 radical (unpaired) electrons. The van der Waals surface area contributed by atoms with E-state index in [9.17, 15) is 4.79 Å². The Hall–Kier alpha value is -1.26. The molecule has 0 unspecified atom stereocenters.